The van der Waals surface area contributed by atoms with Crippen LogP contribution in [0.15, 0.2) is 0 Å². The second-order valence-corrected chi connectivity index (χ2v) is 3.05. The SMILES string of the molecule is COC(=O)C1CCCN(C)N1C=O. The molecule has 0 bridgehead atoms. The van der Waals surface area contributed by atoms with Crippen molar-refractivity contribution in [2.75, 3.05) is 20.7 Å². The van der Waals surface area contributed by atoms with Gasteiger partial charge >= 0.3 is 5.97 Å². The number of carbonyl (C=O) groups is 2. The Morgan fingerprint density at radius 2 is 2.31 bits per heavy atom. The highest BCUT2D eigenvalue weighted by Gasteiger charge is 2.31. The Morgan fingerprint density at radius 3 is 2.85 bits per heavy atom. The van der Waals surface area contributed by atoms with Crippen molar-refractivity contribution in [1.82, 2.24) is 10.0 Å². The van der Waals surface area contributed by atoms with Gasteiger partial charge in [-0.2, -0.15) is 0 Å². The minimum Gasteiger partial charge on any atom is -0.467 e. The van der Waals surface area contributed by atoms with E-state index in [2.05, 4.69) is 4.74 Å². The second-order valence-electron chi connectivity index (χ2n) is 3.05. The van der Waals surface area contributed by atoms with E-state index in [9.17, 15) is 9.59 Å². The van der Waals surface area contributed by atoms with Gasteiger partial charge in [0.25, 0.3) is 0 Å². The number of hydrazine groups is 1. The van der Waals surface area contributed by atoms with Gasteiger partial charge in [-0.25, -0.2) is 9.80 Å². The molecule has 0 aromatic heterocycles. The maximum Gasteiger partial charge on any atom is 0.330 e. The third kappa shape index (κ3) is 1.98. The Morgan fingerprint density at radius 1 is 1.62 bits per heavy atom. The largest absolute Gasteiger partial charge is 0.467 e. The van der Waals surface area contributed by atoms with Crippen LogP contribution in [-0.2, 0) is 14.3 Å². The molecule has 0 aromatic rings. The summed E-state index contributed by atoms with van der Waals surface area (Å²) in [5.74, 6) is -0.348. The second kappa shape index (κ2) is 4.23. The van der Waals surface area contributed by atoms with E-state index in [0.29, 0.717) is 12.8 Å². The predicted octanol–water partition coefficient (Wildman–Crippen LogP) is -0.373. The number of nitrogens with zero attached hydrogens (tertiary/aromatic N) is 2. The van der Waals surface area contributed by atoms with E-state index in [1.165, 1.54) is 12.1 Å². The van der Waals surface area contributed by atoms with Crippen LogP contribution in [0.5, 0.6) is 0 Å². The summed E-state index contributed by atoms with van der Waals surface area (Å²) in [7, 11) is 3.11. The molecule has 1 saturated heterocycles. The number of carbonyl (C=O) groups excluding carboxylic acids is 2. The van der Waals surface area contributed by atoms with Crippen molar-refractivity contribution in [3.8, 4) is 0 Å². The molecule has 0 radical (unpaired) electrons. The Hall–Kier alpha value is -1.10. The number of amides is 1. The standard InChI is InChI=1S/C8H14N2O3/c1-9-5-3-4-7(8(12)13-2)10(9)6-11/h6-7H,3-5H2,1-2H3. The molecule has 0 saturated carbocycles. The van der Waals surface area contributed by atoms with Crippen LogP contribution in [0.4, 0.5) is 0 Å². The van der Waals surface area contributed by atoms with Crippen molar-refractivity contribution >= 4 is 12.4 Å². The summed E-state index contributed by atoms with van der Waals surface area (Å²) in [5, 5.41) is 3.12. The van der Waals surface area contributed by atoms with Gasteiger partial charge in [0.15, 0.2) is 0 Å². The predicted molar refractivity (Wildman–Crippen MR) is 45.6 cm³/mol. The monoisotopic (exact) mass is 186 g/mol. The number of rotatable bonds is 2. The highest BCUT2D eigenvalue weighted by atomic mass is 16.5. The normalized spacial score (nSPS) is 24.2. The average molecular weight is 186 g/mol. The van der Waals surface area contributed by atoms with Gasteiger partial charge in [-0.1, -0.05) is 0 Å². The minimum absolute atomic E-state index is 0.348. The lowest BCUT2D eigenvalue weighted by molar-refractivity contribution is -0.165. The quantitative estimate of drug-likeness (QED) is 0.436. The van der Waals surface area contributed by atoms with Crippen LogP contribution in [0.25, 0.3) is 0 Å². The molecule has 1 unspecified atom stereocenters. The highest BCUT2D eigenvalue weighted by Crippen LogP contribution is 2.15. The molecule has 1 aliphatic rings. The lowest BCUT2D eigenvalue weighted by atomic mass is 10.1. The zero-order valence-electron chi connectivity index (χ0n) is 7.90. The summed E-state index contributed by atoms with van der Waals surface area (Å²) in [6.07, 6.45) is 2.25. The molecule has 0 aliphatic carbocycles. The van der Waals surface area contributed by atoms with Crippen molar-refractivity contribution in [2.24, 2.45) is 0 Å². The van der Waals surface area contributed by atoms with Gasteiger partial charge in [0, 0.05) is 13.6 Å². The fourth-order valence-electron chi connectivity index (χ4n) is 1.51. The van der Waals surface area contributed by atoms with E-state index in [-0.39, 0.29) is 5.97 Å². The first kappa shape index (κ1) is 9.98. The van der Waals surface area contributed by atoms with E-state index in [1.54, 1.807) is 12.1 Å². The zero-order chi connectivity index (χ0) is 9.84. The van der Waals surface area contributed by atoms with Crippen molar-refractivity contribution in [3.05, 3.63) is 0 Å². The molecule has 0 N–H and O–H groups in total. The minimum atomic E-state index is -0.443. The van der Waals surface area contributed by atoms with E-state index in [1.807, 2.05) is 0 Å². The third-order valence-corrected chi connectivity index (χ3v) is 2.25. The molecule has 13 heavy (non-hydrogen) atoms. The maximum atomic E-state index is 11.2. The van der Waals surface area contributed by atoms with Crippen LogP contribution < -0.4 is 0 Å². The number of hydrogen-bond donors (Lipinski definition) is 0. The summed E-state index contributed by atoms with van der Waals surface area (Å²) in [6.45, 7) is 0.798. The number of methoxy groups -OCH3 is 1. The molecule has 0 spiro atoms. The van der Waals surface area contributed by atoms with E-state index >= 15 is 0 Å². The number of esters is 1. The number of ether oxygens (including phenoxy) is 1. The maximum absolute atomic E-state index is 11.2. The van der Waals surface area contributed by atoms with Crippen LogP contribution >= 0.6 is 0 Å². The van der Waals surface area contributed by atoms with Gasteiger partial charge in [0.2, 0.25) is 6.41 Å². The summed E-state index contributed by atoms with van der Waals surface area (Å²) >= 11 is 0. The lowest BCUT2D eigenvalue weighted by Gasteiger charge is -2.37. The highest BCUT2D eigenvalue weighted by molar-refractivity contribution is 5.78. The fourth-order valence-corrected chi connectivity index (χ4v) is 1.51. The first-order chi connectivity index (χ1) is 6.20. The first-order valence-corrected chi connectivity index (χ1v) is 4.23. The van der Waals surface area contributed by atoms with Crippen molar-refractivity contribution < 1.29 is 14.3 Å². The number of hydrogen-bond acceptors (Lipinski definition) is 4. The van der Waals surface area contributed by atoms with Crippen LogP contribution in [0.1, 0.15) is 12.8 Å². The van der Waals surface area contributed by atoms with E-state index in [0.717, 1.165) is 13.0 Å². The van der Waals surface area contributed by atoms with Gasteiger partial charge in [0.1, 0.15) is 6.04 Å². The topological polar surface area (TPSA) is 49.9 Å². The molecule has 5 nitrogen and oxygen atoms in total. The van der Waals surface area contributed by atoms with Gasteiger partial charge in [0.05, 0.1) is 7.11 Å². The van der Waals surface area contributed by atoms with Crippen molar-refractivity contribution in [1.29, 1.82) is 0 Å². The van der Waals surface area contributed by atoms with Gasteiger partial charge in [-0.05, 0) is 12.8 Å². The Labute approximate surface area is 77.2 Å². The summed E-state index contributed by atoms with van der Waals surface area (Å²) in [4.78, 5) is 21.9. The van der Waals surface area contributed by atoms with E-state index < -0.39 is 6.04 Å². The third-order valence-electron chi connectivity index (χ3n) is 2.25. The molecule has 74 valence electrons. The molecular weight excluding hydrogens is 172 g/mol. The molecule has 1 rings (SSSR count). The van der Waals surface area contributed by atoms with E-state index in [4.69, 9.17) is 0 Å². The Bertz CT molecular complexity index is 208. The Balaban J connectivity index is 2.69. The summed E-state index contributed by atoms with van der Waals surface area (Å²) in [5.41, 5.74) is 0. The molecule has 5 heteroatoms. The molecule has 1 amide bonds. The van der Waals surface area contributed by atoms with Crippen LogP contribution in [0, 0.1) is 0 Å². The van der Waals surface area contributed by atoms with Crippen molar-refractivity contribution in [3.63, 3.8) is 0 Å². The zero-order valence-corrected chi connectivity index (χ0v) is 7.90. The molecule has 1 heterocycles. The van der Waals surface area contributed by atoms with Crippen LogP contribution in [0.2, 0.25) is 0 Å². The van der Waals surface area contributed by atoms with Crippen LogP contribution in [-0.4, -0.2) is 49.1 Å². The lowest BCUT2D eigenvalue weighted by Crippen LogP contribution is -2.53. The fraction of sp³-hybridized carbons (Fsp3) is 0.750. The molecule has 1 fully saturated rings. The van der Waals surface area contributed by atoms with Gasteiger partial charge in [-0.3, -0.25) is 9.80 Å². The van der Waals surface area contributed by atoms with Crippen molar-refractivity contribution in [2.45, 2.75) is 18.9 Å². The first-order valence-electron chi connectivity index (χ1n) is 4.23. The molecule has 1 aliphatic heterocycles. The van der Waals surface area contributed by atoms with Gasteiger partial charge < -0.3 is 4.74 Å². The molecule has 0 aromatic carbocycles. The van der Waals surface area contributed by atoms with Crippen LogP contribution in [0.3, 0.4) is 0 Å². The molecule has 1 atom stereocenters. The smallest absolute Gasteiger partial charge is 0.330 e. The average Bonchev–Trinajstić information content (AvgIpc) is 2.16. The molecular formula is C8H14N2O3. The summed E-state index contributed by atoms with van der Waals surface area (Å²) < 4.78 is 4.60. The van der Waals surface area contributed by atoms with Gasteiger partial charge in [-0.15, -0.1) is 0 Å². The summed E-state index contributed by atoms with van der Waals surface area (Å²) in [6, 6.07) is -0.443. The Kier molecular flexibility index (Phi) is 3.25.